The predicted octanol–water partition coefficient (Wildman–Crippen LogP) is 4.13. The summed E-state index contributed by atoms with van der Waals surface area (Å²) in [6, 6.07) is 20.3. The Balaban J connectivity index is 1.17. The third-order valence-electron chi connectivity index (χ3n) is 6.93. The van der Waals surface area contributed by atoms with Gasteiger partial charge in [0.15, 0.2) is 0 Å². The SMILES string of the molecule is Cc1c[nH]c2nccc(Oc3ccc(CC(CN)C(=O)N4CCN(Cc5ccccc5)CC4)cc3)c12. The molecule has 0 spiro atoms. The summed E-state index contributed by atoms with van der Waals surface area (Å²) in [5.74, 6) is 1.45. The molecule has 186 valence electrons. The van der Waals surface area contributed by atoms with Gasteiger partial charge in [0.1, 0.15) is 17.1 Å². The largest absolute Gasteiger partial charge is 0.457 e. The van der Waals surface area contributed by atoms with Crippen molar-refractivity contribution in [1.82, 2.24) is 19.8 Å². The summed E-state index contributed by atoms with van der Waals surface area (Å²) in [6.07, 6.45) is 4.29. The normalized spacial score (nSPS) is 15.2. The van der Waals surface area contributed by atoms with Gasteiger partial charge in [0.2, 0.25) is 5.91 Å². The number of pyridine rings is 1. The van der Waals surface area contributed by atoms with Crippen molar-refractivity contribution in [3.05, 3.63) is 89.7 Å². The number of nitrogens with zero attached hydrogens (tertiary/aromatic N) is 3. The second-order valence-corrected chi connectivity index (χ2v) is 9.47. The van der Waals surface area contributed by atoms with Crippen molar-refractivity contribution in [2.45, 2.75) is 19.9 Å². The van der Waals surface area contributed by atoms with Crippen LogP contribution in [0.3, 0.4) is 0 Å². The molecule has 36 heavy (non-hydrogen) atoms. The van der Waals surface area contributed by atoms with Gasteiger partial charge in [0, 0.05) is 51.7 Å². The van der Waals surface area contributed by atoms with Crippen LogP contribution in [0.5, 0.6) is 11.5 Å². The number of rotatable bonds is 8. The maximum atomic E-state index is 13.2. The molecule has 4 aromatic rings. The van der Waals surface area contributed by atoms with E-state index in [1.54, 1.807) is 6.20 Å². The summed E-state index contributed by atoms with van der Waals surface area (Å²) in [4.78, 5) is 25.1. The molecule has 1 atom stereocenters. The van der Waals surface area contributed by atoms with Gasteiger partial charge in [-0.15, -0.1) is 0 Å². The number of aryl methyl sites for hydroxylation is 1. The number of piperazine rings is 1. The second-order valence-electron chi connectivity index (χ2n) is 9.47. The number of hydrogen-bond acceptors (Lipinski definition) is 5. The Morgan fingerprint density at radius 3 is 2.50 bits per heavy atom. The van der Waals surface area contributed by atoms with Crippen molar-refractivity contribution in [3.8, 4) is 11.5 Å². The molecule has 5 rings (SSSR count). The second kappa shape index (κ2) is 10.9. The number of H-pyrrole nitrogens is 1. The highest BCUT2D eigenvalue weighted by Crippen LogP contribution is 2.31. The Morgan fingerprint density at radius 1 is 1.03 bits per heavy atom. The molecule has 1 aliphatic heterocycles. The quantitative estimate of drug-likeness (QED) is 0.394. The number of carbonyl (C=O) groups excluding carboxylic acids is 1. The maximum Gasteiger partial charge on any atom is 0.227 e. The van der Waals surface area contributed by atoms with Gasteiger partial charge in [-0.25, -0.2) is 4.98 Å². The lowest BCUT2D eigenvalue weighted by Crippen LogP contribution is -2.51. The molecule has 0 aliphatic carbocycles. The van der Waals surface area contributed by atoms with E-state index >= 15 is 0 Å². The molecule has 1 saturated heterocycles. The number of benzene rings is 2. The first kappa shape index (κ1) is 24.0. The Bertz CT molecular complexity index is 1290. The van der Waals surface area contributed by atoms with Gasteiger partial charge in [0.25, 0.3) is 0 Å². The lowest BCUT2D eigenvalue weighted by molar-refractivity contribution is -0.137. The van der Waals surface area contributed by atoms with Gasteiger partial charge in [-0.1, -0.05) is 42.5 Å². The van der Waals surface area contributed by atoms with Crippen LogP contribution in [0.25, 0.3) is 11.0 Å². The summed E-state index contributed by atoms with van der Waals surface area (Å²) in [5, 5.41) is 0.985. The van der Waals surface area contributed by atoms with Gasteiger partial charge in [-0.2, -0.15) is 0 Å². The van der Waals surface area contributed by atoms with Crippen molar-refractivity contribution in [3.63, 3.8) is 0 Å². The Kier molecular flexibility index (Phi) is 7.30. The minimum Gasteiger partial charge on any atom is -0.457 e. The van der Waals surface area contributed by atoms with Gasteiger partial charge in [-0.3, -0.25) is 9.69 Å². The topological polar surface area (TPSA) is 87.5 Å². The van der Waals surface area contributed by atoms with E-state index in [4.69, 9.17) is 10.5 Å². The zero-order chi connectivity index (χ0) is 24.9. The van der Waals surface area contributed by atoms with Gasteiger partial charge in [0.05, 0.1) is 11.3 Å². The van der Waals surface area contributed by atoms with E-state index < -0.39 is 0 Å². The highest BCUT2D eigenvalue weighted by Gasteiger charge is 2.27. The molecule has 3 heterocycles. The van der Waals surface area contributed by atoms with E-state index in [0.29, 0.717) is 13.0 Å². The van der Waals surface area contributed by atoms with E-state index in [0.717, 1.165) is 66.4 Å². The van der Waals surface area contributed by atoms with E-state index in [1.807, 2.05) is 54.4 Å². The van der Waals surface area contributed by atoms with Crippen LogP contribution in [0.15, 0.2) is 73.1 Å². The van der Waals surface area contributed by atoms with E-state index in [2.05, 4.69) is 39.1 Å². The van der Waals surface area contributed by atoms with Crippen LogP contribution in [-0.2, 0) is 17.8 Å². The molecule has 2 aromatic heterocycles. The fraction of sp³-hybridized carbons (Fsp3) is 0.310. The molecule has 1 aliphatic rings. The molecule has 1 unspecified atom stereocenters. The zero-order valence-electron chi connectivity index (χ0n) is 20.7. The maximum absolute atomic E-state index is 13.2. The van der Waals surface area contributed by atoms with Crippen LogP contribution in [0.4, 0.5) is 0 Å². The first-order chi connectivity index (χ1) is 17.6. The number of aromatic amines is 1. The van der Waals surface area contributed by atoms with Crippen LogP contribution in [0.2, 0.25) is 0 Å². The Labute approximate surface area is 211 Å². The first-order valence-corrected chi connectivity index (χ1v) is 12.6. The molecular formula is C29H33N5O2. The van der Waals surface area contributed by atoms with Crippen molar-refractivity contribution in [2.24, 2.45) is 11.7 Å². The third kappa shape index (κ3) is 5.42. The first-order valence-electron chi connectivity index (χ1n) is 12.6. The summed E-state index contributed by atoms with van der Waals surface area (Å²) in [7, 11) is 0. The molecular weight excluding hydrogens is 450 g/mol. The van der Waals surface area contributed by atoms with Crippen molar-refractivity contribution >= 4 is 16.9 Å². The van der Waals surface area contributed by atoms with Crippen LogP contribution < -0.4 is 10.5 Å². The Morgan fingerprint density at radius 2 is 1.78 bits per heavy atom. The third-order valence-corrected chi connectivity index (χ3v) is 6.93. The minimum absolute atomic E-state index is 0.152. The fourth-order valence-corrected chi connectivity index (χ4v) is 4.87. The van der Waals surface area contributed by atoms with Gasteiger partial charge >= 0.3 is 0 Å². The number of ether oxygens (including phenoxy) is 1. The van der Waals surface area contributed by atoms with Gasteiger partial charge < -0.3 is 20.4 Å². The van der Waals surface area contributed by atoms with Gasteiger partial charge in [-0.05, 0) is 48.2 Å². The number of aromatic nitrogens is 2. The van der Waals surface area contributed by atoms with E-state index in [1.165, 1.54) is 5.56 Å². The molecule has 1 amide bonds. The fourth-order valence-electron chi connectivity index (χ4n) is 4.87. The Hall–Kier alpha value is -3.68. The predicted molar refractivity (Wildman–Crippen MR) is 142 cm³/mol. The summed E-state index contributed by atoms with van der Waals surface area (Å²) < 4.78 is 6.15. The van der Waals surface area contributed by atoms with E-state index in [9.17, 15) is 4.79 Å². The van der Waals surface area contributed by atoms with Crippen LogP contribution in [0.1, 0.15) is 16.7 Å². The van der Waals surface area contributed by atoms with Crippen molar-refractivity contribution in [1.29, 1.82) is 0 Å². The highest BCUT2D eigenvalue weighted by atomic mass is 16.5. The smallest absolute Gasteiger partial charge is 0.227 e. The lowest BCUT2D eigenvalue weighted by atomic mass is 9.97. The van der Waals surface area contributed by atoms with Crippen LogP contribution >= 0.6 is 0 Å². The number of carbonyl (C=O) groups is 1. The summed E-state index contributed by atoms with van der Waals surface area (Å²) >= 11 is 0. The average molecular weight is 484 g/mol. The molecule has 7 nitrogen and oxygen atoms in total. The number of fused-ring (bicyclic) bond motifs is 1. The summed E-state index contributed by atoms with van der Waals surface area (Å²) in [6.45, 7) is 6.54. The van der Waals surface area contributed by atoms with Crippen molar-refractivity contribution in [2.75, 3.05) is 32.7 Å². The highest BCUT2D eigenvalue weighted by molar-refractivity contribution is 5.86. The standard InChI is InChI=1S/C29H33N5O2/c1-21-19-32-28-27(21)26(11-12-31-28)36-25-9-7-22(8-10-25)17-24(18-30)29(35)34-15-13-33(14-16-34)20-23-5-3-2-4-6-23/h2-12,19,24H,13-18,20,30H2,1H3,(H,31,32). The average Bonchev–Trinajstić information content (AvgIpc) is 3.30. The van der Waals surface area contributed by atoms with E-state index in [-0.39, 0.29) is 11.8 Å². The molecule has 0 bridgehead atoms. The molecule has 1 fully saturated rings. The number of nitrogens with one attached hydrogen (secondary N) is 1. The number of amides is 1. The zero-order valence-corrected chi connectivity index (χ0v) is 20.7. The molecule has 2 aromatic carbocycles. The van der Waals surface area contributed by atoms with Crippen LogP contribution in [-0.4, -0.2) is 58.4 Å². The molecule has 0 radical (unpaired) electrons. The number of nitrogens with two attached hydrogens (primary N) is 1. The van der Waals surface area contributed by atoms with Crippen molar-refractivity contribution < 1.29 is 9.53 Å². The number of hydrogen-bond donors (Lipinski definition) is 2. The molecule has 3 N–H and O–H groups in total. The molecule has 0 saturated carbocycles. The lowest BCUT2D eigenvalue weighted by Gasteiger charge is -2.36. The van der Waals surface area contributed by atoms with Crippen LogP contribution in [0, 0.1) is 12.8 Å². The molecule has 7 heteroatoms. The minimum atomic E-state index is -0.222. The monoisotopic (exact) mass is 483 g/mol. The summed E-state index contributed by atoms with van der Waals surface area (Å²) in [5.41, 5.74) is 10.3.